The Labute approximate surface area is 70.9 Å². The highest BCUT2D eigenvalue weighted by molar-refractivity contribution is 14.1. The molecule has 1 fully saturated rings. The highest BCUT2D eigenvalue weighted by atomic mass is 127. The third-order valence-electron chi connectivity index (χ3n) is 1.89. The molecule has 0 aromatic carbocycles. The molecule has 0 spiro atoms. The first kappa shape index (κ1) is 7.79. The monoisotopic (exact) mass is 239 g/mol. The van der Waals surface area contributed by atoms with Crippen molar-refractivity contribution in [3.8, 4) is 0 Å². The van der Waals surface area contributed by atoms with Crippen LogP contribution in [0.3, 0.4) is 0 Å². The molecule has 1 saturated carbocycles. The molecular weight excluding hydrogens is 225 g/mol. The van der Waals surface area contributed by atoms with Gasteiger partial charge in [0.05, 0.1) is 0 Å². The molecule has 1 aliphatic carbocycles. The molecule has 2 heteroatoms. The molecule has 9 heavy (non-hydrogen) atoms. The van der Waals surface area contributed by atoms with Gasteiger partial charge in [0.25, 0.3) is 0 Å². The second kappa shape index (κ2) is 2.74. The van der Waals surface area contributed by atoms with E-state index in [-0.39, 0.29) is 0 Å². The fraction of sp³-hybridized carbons (Fsp3) is 1.00. The van der Waals surface area contributed by atoms with E-state index >= 15 is 0 Å². The largest absolute Gasteiger partial charge is 0.305 e. The molecule has 0 bridgehead atoms. The van der Waals surface area contributed by atoms with Gasteiger partial charge >= 0.3 is 0 Å². The summed E-state index contributed by atoms with van der Waals surface area (Å²) < 4.78 is 0.669. The fourth-order valence-electron chi connectivity index (χ4n) is 0.889. The molecule has 0 aromatic rings. The Balaban J connectivity index is 2.17. The van der Waals surface area contributed by atoms with Gasteiger partial charge < -0.3 is 4.90 Å². The number of halogens is 1. The zero-order chi connectivity index (χ0) is 6.91. The quantitative estimate of drug-likeness (QED) is 0.537. The molecule has 0 radical (unpaired) electrons. The van der Waals surface area contributed by atoms with E-state index in [1.54, 1.807) is 0 Å². The lowest BCUT2D eigenvalue weighted by Gasteiger charge is -2.16. The van der Waals surface area contributed by atoms with Crippen molar-refractivity contribution in [2.45, 2.75) is 23.2 Å². The maximum absolute atomic E-state index is 2.58. The van der Waals surface area contributed by atoms with Crippen LogP contribution in [0.1, 0.15) is 19.8 Å². The first-order valence-corrected chi connectivity index (χ1v) is 4.62. The van der Waals surface area contributed by atoms with Crippen LogP contribution in [0.25, 0.3) is 0 Å². The zero-order valence-electron chi connectivity index (χ0n) is 6.15. The molecule has 0 N–H and O–H groups in total. The van der Waals surface area contributed by atoms with Gasteiger partial charge in [-0.15, -0.1) is 0 Å². The lowest BCUT2D eigenvalue weighted by molar-refractivity contribution is 0.353. The van der Waals surface area contributed by atoms with Crippen LogP contribution in [0.5, 0.6) is 0 Å². The molecule has 0 unspecified atom stereocenters. The van der Waals surface area contributed by atoms with Gasteiger partial charge in [-0.1, -0.05) is 29.5 Å². The van der Waals surface area contributed by atoms with Crippen LogP contribution in [0.4, 0.5) is 0 Å². The Morgan fingerprint density at radius 1 is 1.56 bits per heavy atom. The third kappa shape index (κ3) is 2.42. The fourth-order valence-corrected chi connectivity index (χ4v) is 1.74. The second-order valence-corrected chi connectivity index (χ2v) is 5.27. The normalized spacial score (nSPS) is 22.7. The lowest BCUT2D eigenvalue weighted by atomic mass is 10.4. The van der Waals surface area contributed by atoms with Gasteiger partial charge in [0.15, 0.2) is 0 Å². The van der Waals surface area contributed by atoms with Gasteiger partial charge in [-0.2, -0.15) is 0 Å². The summed E-state index contributed by atoms with van der Waals surface area (Å²) in [6.45, 7) is 4.68. The highest BCUT2D eigenvalue weighted by Crippen LogP contribution is 2.45. The van der Waals surface area contributed by atoms with Crippen molar-refractivity contribution < 1.29 is 0 Å². The average Bonchev–Trinajstić information content (AvgIpc) is 2.48. The highest BCUT2D eigenvalue weighted by Gasteiger charge is 2.39. The van der Waals surface area contributed by atoms with Gasteiger partial charge in [-0.3, -0.25) is 0 Å². The topological polar surface area (TPSA) is 3.24 Å². The van der Waals surface area contributed by atoms with Crippen molar-refractivity contribution in [2.75, 3.05) is 20.1 Å². The summed E-state index contributed by atoms with van der Waals surface area (Å²) in [5.41, 5.74) is 0. The molecule has 0 atom stereocenters. The molecule has 1 rings (SSSR count). The summed E-state index contributed by atoms with van der Waals surface area (Å²) in [5, 5.41) is 0. The third-order valence-corrected chi connectivity index (χ3v) is 3.31. The van der Waals surface area contributed by atoms with E-state index < -0.39 is 0 Å². The number of hydrogen-bond donors (Lipinski definition) is 0. The molecule has 54 valence electrons. The van der Waals surface area contributed by atoms with E-state index in [9.17, 15) is 0 Å². The van der Waals surface area contributed by atoms with Gasteiger partial charge in [0, 0.05) is 9.97 Å². The zero-order valence-corrected chi connectivity index (χ0v) is 8.31. The minimum atomic E-state index is 0.669. The Kier molecular flexibility index (Phi) is 2.37. The molecule has 0 amide bonds. The van der Waals surface area contributed by atoms with E-state index in [1.165, 1.54) is 25.9 Å². The summed E-state index contributed by atoms with van der Waals surface area (Å²) in [6, 6.07) is 0. The number of alkyl halides is 1. The van der Waals surface area contributed by atoms with Crippen LogP contribution in [-0.4, -0.2) is 28.5 Å². The van der Waals surface area contributed by atoms with Gasteiger partial charge in [-0.25, -0.2) is 0 Å². The number of rotatable bonds is 3. The van der Waals surface area contributed by atoms with Crippen LogP contribution < -0.4 is 0 Å². The van der Waals surface area contributed by atoms with Crippen LogP contribution in [0.15, 0.2) is 0 Å². The molecule has 1 nitrogen and oxygen atoms in total. The van der Waals surface area contributed by atoms with E-state index in [0.717, 1.165) is 0 Å². The Bertz CT molecular complexity index is 99.1. The van der Waals surface area contributed by atoms with Crippen molar-refractivity contribution in [3.63, 3.8) is 0 Å². The van der Waals surface area contributed by atoms with E-state index in [1.807, 2.05) is 0 Å². The number of nitrogens with zero attached hydrogens (tertiary/aromatic N) is 1. The summed E-state index contributed by atoms with van der Waals surface area (Å²) in [6.07, 6.45) is 2.86. The van der Waals surface area contributed by atoms with Crippen molar-refractivity contribution in [1.82, 2.24) is 4.90 Å². The summed E-state index contributed by atoms with van der Waals surface area (Å²) in [5.74, 6) is 0. The second-order valence-electron chi connectivity index (χ2n) is 2.98. The van der Waals surface area contributed by atoms with Crippen molar-refractivity contribution in [1.29, 1.82) is 0 Å². The molecule has 0 saturated heterocycles. The lowest BCUT2D eigenvalue weighted by Crippen LogP contribution is -2.26. The average molecular weight is 239 g/mol. The van der Waals surface area contributed by atoms with E-state index in [4.69, 9.17) is 0 Å². The van der Waals surface area contributed by atoms with Crippen molar-refractivity contribution in [3.05, 3.63) is 0 Å². The molecule has 1 aliphatic rings. The maximum atomic E-state index is 2.58. The summed E-state index contributed by atoms with van der Waals surface area (Å²) in [7, 11) is 2.19. The SMILES string of the molecule is CCN(C)CC1(I)CC1. The van der Waals surface area contributed by atoms with E-state index in [0.29, 0.717) is 3.42 Å². The Morgan fingerprint density at radius 2 is 2.11 bits per heavy atom. The molecule has 0 aliphatic heterocycles. The number of hydrogen-bond acceptors (Lipinski definition) is 1. The van der Waals surface area contributed by atoms with Crippen molar-refractivity contribution in [2.24, 2.45) is 0 Å². The Hall–Kier alpha value is 0.690. The van der Waals surface area contributed by atoms with Gasteiger partial charge in [0.2, 0.25) is 0 Å². The van der Waals surface area contributed by atoms with Crippen LogP contribution >= 0.6 is 22.6 Å². The van der Waals surface area contributed by atoms with Crippen LogP contribution in [0.2, 0.25) is 0 Å². The smallest absolute Gasteiger partial charge is 0.0350 e. The maximum Gasteiger partial charge on any atom is 0.0350 e. The standard InChI is InChI=1S/C7H14IN/c1-3-9(2)6-7(8)4-5-7/h3-6H2,1-2H3. The van der Waals surface area contributed by atoms with Crippen LogP contribution in [0, 0.1) is 0 Å². The van der Waals surface area contributed by atoms with Crippen LogP contribution in [-0.2, 0) is 0 Å². The molecular formula is C7H14IN. The first-order valence-electron chi connectivity index (χ1n) is 3.54. The van der Waals surface area contributed by atoms with E-state index in [2.05, 4.69) is 41.5 Å². The predicted molar refractivity (Wildman–Crippen MR) is 49.2 cm³/mol. The van der Waals surface area contributed by atoms with Crippen molar-refractivity contribution >= 4 is 22.6 Å². The van der Waals surface area contributed by atoms with Gasteiger partial charge in [-0.05, 0) is 26.4 Å². The predicted octanol–water partition coefficient (Wildman–Crippen LogP) is 1.91. The first-order chi connectivity index (χ1) is 4.16. The minimum absolute atomic E-state index is 0.669. The molecule has 0 aromatic heterocycles. The summed E-state index contributed by atoms with van der Waals surface area (Å²) in [4.78, 5) is 2.39. The summed E-state index contributed by atoms with van der Waals surface area (Å²) >= 11 is 2.58. The minimum Gasteiger partial charge on any atom is -0.305 e. The molecule has 0 heterocycles. The van der Waals surface area contributed by atoms with Gasteiger partial charge in [0.1, 0.15) is 0 Å². The Morgan fingerprint density at radius 3 is 2.44 bits per heavy atom.